The third-order valence-electron chi connectivity index (χ3n) is 3.56. The van der Waals surface area contributed by atoms with Crippen LogP contribution in [0.3, 0.4) is 0 Å². The molecule has 2 unspecified atom stereocenters. The summed E-state index contributed by atoms with van der Waals surface area (Å²) < 4.78 is 10.7. The highest BCUT2D eigenvalue weighted by Crippen LogP contribution is 2.40. The maximum atomic E-state index is 10.7. The van der Waals surface area contributed by atoms with Crippen molar-refractivity contribution in [2.75, 3.05) is 14.2 Å². The molecule has 0 fully saturated rings. The Bertz CT molecular complexity index is 529. The molecule has 2 rings (SSSR count). The molecule has 0 saturated heterocycles. The number of benzene rings is 2. The number of methoxy groups -OCH3 is 2. The van der Waals surface area contributed by atoms with E-state index in [1.165, 1.54) is 0 Å². The van der Waals surface area contributed by atoms with Crippen LogP contribution in [0.2, 0.25) is 0 Å². The van der Waals surface area contributed by atoms with Gasteiger partial charge in [-0.25, -0.2) is 0 Å². The molecule has 1 N–H and O–H groups in total. The second-order valence-electron chi connectivity index (χ2n) is 4.72. The van der Waals surface area contributed by atoms with Crippen molar-refractivity contribution in [3.05, 3.63) is 59.7 Å². The Morgan fingerprint density at radius 2 is 1.40 bits per heavy atom. The van der Waals surface area contributed by atoms with E-state index in [1.54, 1.807) is 14.2 Å². The normalized spacial score (nSPS) is 13.6. The number of ether oxygens (including phenoxy) is 2. The molecule has 2 aromatic carbocycles. The van der Waals surface area contributed by atoms with Crippen LogP contribution in [-0.2, 0) is 0 Å². The second kappa shape index (κ2) is 6.44. The summed E-state index contributed by atoms with van der Waals surface area (Å²) >= 11 is 0. The summed E-state index contributed by atoms with van der Waals surface area (Å²) in [5.41, 5.74) is 1.77. The second-order valence-corrected chi connectivity index (χ2v) is 4.72. The summed E-state index contributed by atoms with van der Waals surface area (Å²) in [6.07, 6.45) is -0.691. The number of hydrogen-bond donors (Lipinski definition) is 1. The highest BCUT2D eigenvalue weighted by Gasteiger charge is 2.25. The Kier molecular flexibility index (Phi) is 4.64. The molecule has 106 valence electrons. The summed E-state index contributed by atoms with van der Waals surface area (Å²) in [6, 6.07) is 15.4. The van der Waals surface area contributed by atoms with E-state index in [4.69, 9.17) is 9.47 Å². The molecule has 3 nitrogen and oxygen atoms in total. The lowest BCUT2D eigenvalue weighted by Gasteiger charge is -2.23. The predicted octanol–water partition coefficient (Wildman–Crippen LogP) is 3.54. The molecule has 20 heavy (non-hydrogen) atoms. The smallest absolute Gasteiger partial charge is 0.128 e. The van der Waals surface area contributed by atoms with Crippen molar-refractivity contribution in [2.24, 2.45) is 0 Å². The minimum Gasteiger partial charge on any atom is -0.496 e. The average molecular weight is 272 g/mol. The van der Waals surface area contributed by atoms with E-state index in [0.29, 0.717) is 17.1 Å². The summed E-state index contributed by atoms with van der Waals surface area (Å²) in [7, 11) is 3.19. The van der Waals surface area contributed by atoms with Gasteiger partial charge in [0.25, 0.3) is 0 Å². The van der Waals surface area contributed by atoms with Crippen LogP contribution in [0, 0.1) is 0 Å². The fraction of sp³-hybridized carbons (Fsp3) is 0.294. The first-order valence-corrected chi connectivity index (χ1v) is 6.63. The van der Waals surface area contributed by atoms with Crippen LogP contribution in [0.1, 0.15) is 30.1 Å². The third-order valence-corrected chi connectivity index (χ3v) is 3.56. The largest absolute Gasteiger partial charge is 0.496 e. The molecule has 0 spiro atoms. The van der Waals surface area contributed by atoms with Crippen molar-refractivity contribution in [1.82, 2.24) is 0 Å². The zero-order valence-electron chi connectivity index (χ0n) is 12.0. The van der Waals surface area contributed by atoms with Crippen molar-refractivity contribution in [2.45, 2.75) is 18.9 Å². The zero-order chi connectivity index (χ0) is 14.5. The van der Waals surface area contributed by atoms with Gasteiger partial charge in [0.2, 0.25) is 0 Å². The zero-order valence-corrected chi connectivity index (χ0v) is 12.0. The Morgan fingerprint density at radius 3 is 1.90 bits per heavy atom. The van der Waals surface area contributed by atoms with Crippen molar-refractivity contribution < 1.29 is 14.6 Å². The monoisotopic (exact) mass is 272 g/mol. The van der Waals surface area contributed by atoms with Crippen LogP contribution < -0.4 is 9.47 Å². The van der Waals surface area contributed by atoms with Gasteiger partial charge in [0.15, 0.2) is 0 Å². The van der Waals surface area contributed by atoms with Crippen LogP contribution in [0.4, 0.5) is 0 Å². The standard InChI is InChI=1S/C17H20O3/c1-12(13-8-5-4-6-9-13)17(18)16-14(19-2)10-7-11-15(16)20-3/h4-12,17-18H,1-3H3. The Labute approximate surface area is 119 Å². The van der Waals surface area contributed by atoms with E-state index in [1.807, 2.05) is 55.5 Å². The lowest BCUT2D eigenvalue weighted by molar-refractivity contribution is 0.144. The molecular weight excluding hydrogens is 252 g/mol. The van der Waals surface area contributed by atoms with Crippen LogP contribution in [-0.4, -0.2) is 19.3 Å². The molecule has 3 heteroatoms. The topological polar surface area (TPSA) is 38.7 Å². The van der Waals surface area contributed by atoms with Gasteiger partial charge in [-0.05, 0) is 17.7 Å². The van der Waals surface area contributed by atoms with Crippen LogP contribution in [0.25, 0.3) is 0 Å². The fourth-order valence-corrected chi connectivity index (χ4v) is 2.36. The molecule has 0 radical (unpaired) electrons. The Balaban J connectivity index is 2.40. The van der Waals surface area contributed by atoms with Gasteiger partial charge in [0, 0.05) is 5.92 Å². The quantitative estimate of drug-likeness (QED) is 0.904. The van der Waals surface area contributed by atoms with E-state index in [9.17, 15) is 5.11 Å². The van der Waals surface area contributed by atoms with Gasteiger partial charge in [0.1, 0.15) is 11.5 Å². The van der Waals surface area contributed by atoms with Crippen LogP contribution in [0.15, 0.2) is 48.5 Å². The third kappa shape index (κ3) is 2.78. The average Bonchev–Trinajstić information content (AvgIpc) is 2.53. The first-order chi connectivity index (χ1) is 9.69. The Hall–Kier alpha value is -2.00. The fourth-order valence-electron chi connectivity index (χ4n) is 2.36. The first-order valence-electron chi connectivity index (χ1n) is 6.63. The van der Waals surface area contributed by atoms with Gasteiger partial charge in [-0.1, -0.05) is 43.3 Å². The lowest BCUT2D eigenvalue weighted by atomic mass is 9.90. The molecule has 0 aliphatic rings. The molecule has 0 heterocycles. The lowest BCUT2D eigenvalue weighted by Crippen LogP contribution is -2.10. The van der Waals surface area contributed by atoms with Crippen molar-refractivity contribution in [3.8, 4) is 11.5 Å². The Morgan fingerprint density at radius 1 is 0.850 bits per heavy atom. The van der Waals surface area contributed by atoms with Gasteiger partial charge in [-0.15, -0.1) is 0 Å². The molecule has 0 bridgehead atoms. The predicted molar refractivity (Wildman–Crippen MR) is 79.4 cm³/mol. The van der Waals surface area contributed by atoms with Crippen molar-refractivity contribution in [1.29, 1.82) is 0 Å². The van der Waals surface area contributed by atoms with Crippen molar-refractivity contribution in [3.63, 3.8) is 0 Å². The maximum absolute atomic E-state index is 10.7. The number of rotatable bonds is 5. The minimum absolute atomic E-state index is 0.0543. The summed E-state index contributed by atoms with van der Waals surface area (Å²) in [6.45, 7) is 1.99. The molecule has 0 amide bonds. The SMILES string of the molecule is COc1cccc(OC)c1C(O)C(C)c1ccccc1. The van der Waals surface area contributed by atoms with Gasteiger partial charge in [-0.3, -0.25) is 0 Å². The van der Waals surface area contributed by atoms with E-state index >= 15 is 0 Å². The highest BCUT2D eigenvalue weighted by atomic mass is 16.5. The van der Waals surface area contributed by atoms with Gasteiger partial charge < -0.3 is 14.6 Å². The molecular formula is C17H20O3. The molecule has 2 atom stereocenters. The first kappa shape index (κ1) is 14.4. The van der Waals surface area contributed by atoms with Gasteiger partial charge in [0.05, 0.1) is 25.9 Å². The summed E-state index contributed by atoms with van der Waals surface area (Å²) in [4.78, 5) is 0. The minimum atomic E-state index is -0.691. The number of aliphatic hydroxyl groups is 1. The molecule has 0 aliphatic carbocycles. The van der Waals surface area contributed by atoms with E-state index in [0.717, 1.165) is 5.56 Å². The van der Waals surface area contributed by atoms with E-state index in [2.05, 4.69) is 0 Å². The van der Waals surface area contributed by atoms with Crippen LogP contribution >= 0.6 is 0 Å². The van der Waals surface area contributed by atoms with E-state index in [-0.39, 0.29) is 5.92 Å². The van der Waals surface area contributed by atoms with E-state index < -0.39 is 6.10 Å². The molecule has 2 aromatic rings. The highest BCUT2D eigenvalue weighted by molar-refractivity contribution is 5.47. The summed E-state index contributed by atoms with van der Waals surface area (Å²) in [5.74, 6) is 1.22. The molecule has 0 saturated carbocycles. The molecule has 0 aromatic heterocycles. The van der Waals surface area contributed by atoms with Gasteiger partial charge in [-0.2, -0.15) is 0 Å². The number of aliphatic hydroxyl groups excluding tert-OH is 1. The number of hydrogen-bond acceptors (Lipinski definition) is 3. The summed E-state index contributed by atoms with van der Waals surface area (Å²) in [5, 5.41) is 10.7. The van der Waals surface area contributed by atoms with Gasteiger partial charge >= 0.3 is 0 Å². The van der Waals surface area contributed by atoms with Crippen LogP contribution in [0.5, 0.6) is 11.5 Å². The molecule has 0 aliphatic heterocycles. The maximum Gasteiger partial charge on any atom is 0.128 e. The van der Waals surface area contributed by atoms with Crippen molar-refractivity contribution >= 4 is 0 Å².